The molecule has 0 bridgehead atoms. The summed E-state index contributed by atoms with van der Waals surface area (Å²) in [6.45, 7) is 2.10. The summed E-state index contributed by atoms with van der Waals surface area (Å²) in [5.41, 5.74) is 6.50. The number of aromatic nitrogens is 1. The zero-order valence-electron chi connectivity index (χ0n) is 10.1. The van der Waals surface area contributed by atoms with E-state index in [4.69, 9.17) is 15.0 Å². The first-order valence-corrected chi connectivity index (χ1v) is 5.63. The molecule has 0 aliphatic carbocycles. The first kappa shape index (κ1) is 12.3. The molecular weight excluding hydrogens is 232 g/mol. The van der Waals surface area contributed by atoms with Crippen LogP contribution in [0.4, 0.5) is 0 Å². The lowest BCUT2D eigenvalue weighted by Gasteiger charge is -2.01. The molecule has 0 saturated heterocycles. The minimum atomic E-state index is -0.151. The van der Waals surface area contributed by atoms with Gasteiger partial charge >= 0.3 is 0 Å². The van der Waals surface area contributed by atoms with Gasteiger partial charge in [-0.2, -0.15) is 0 Å². The van der Waals surface area contributed by atoms with E-state index >= 15 is 0 Å². The summed E-state index contributed by atoms with van der Waals surface area (Å²) in [5.74, 6) is 0.476. The molecular formula is C13H14N2O3. The topological polar surface area (TPSA) is 78.4 Å². The predicted molar refractivity (Wildman–Crippen MR) is 66.5 cm³/mol. The van der Waals surface area contributed by atoms with E-state index < -0.39 is 0 Å². The fourth-order valence-electron chi connectivity index (χ4n) is 1.63. The van der Waals surface area contributed by atoms with E-state index in [1.165, 1.54) is 6.92 Å². The maximum Gasteiger partial charge on any atom is 0.265 e. The Bertz CT molecular complexity index is 534. The largest absolute Gasteiger partial charge is 0.474 e. The second kappa shape index (κ2) is 5.46. The van der Waals surface area contributed by atoms with Crippen molar-refractivity contribution in [3.05, 3.63) is 35.9 Å². The molecule has 94 valence electrons. The van der Waals surface area contributed by atoms with Crippen LogP contribution in [0.25, 0.3) is 11.3 Å². The maximum atomic E-state index is 11.7. The van der Waals surface area contributed by atoms with E-state index in [1.54, 1.807) is 0 Å². The summed E-state index contributed by atoms with van der Waals surface area (Å²) in [4.78, 5) is 11.7. The molecule has 0 unspecified atom stereocenters. The highest BCUT2D eigenvalue weighted by Gasteiger charge is 2.22. The molecule has 18 heavy (non-hydrogen) atoms. The number of carbonyl (C=O) groups excluding carboxylic acids is 1. The van der Waals surface area contributed by atoms with Crippen LogP contribution in [0, 0.1) is 0 Å². The fourth-order valence-corrected chi connectivity index (χ4v) is 1.63. The van der Waals surface area contributed by atoms with E-state index in [-0.39, 0.29) is 11.7 Å². The number of benzene rings is 1. The zero-order chi connectivity index (χ0) is 13.0. The Hall–Kier alpha value is -2.14. The maximum absolute atomic E-state index is 11.7. The smallest absolute Gasteiger partial charge is 0.265 e. The number of nitrogens with two attached hydrogens (primary N) is 1. The summed E-state index contributed by atoms with van der Waals surface area (Å²) >= 11 is 0. The average molecular weight is 246 g/mol. The molecule has 2 N–H and O–H groups in total. The van der Waals surface area contributed by atoms with Gasteiger partial charge in [0.25, 0.3) is 5.88 Å². The number of rotatable bonds is 5. The molecule has 0 aliphatic rings. The molecule has 2 aromatic rings. The highest BCUT2D eigenvalue weighted by atomic mass is 16.5. The van der Waals surface area contributed by atoms with Crippen molar-refractivity contribution in [3.63, 3.8) is 0 Å². The molecule has 1 aromatic heterocycles. The van der Waals surface area contributed by atoms with Crippen molar-refractivity contribution in [2.45, 2.75) is 6.92 Å². The van der Waals surface area contributed by atoms with E-state index in [0.29, 0.717) is 24.5 Å². The molecule has 0 amide bonds. The number of Topliss-reactive ketones (excluding diaryl/α,β-unsaturated/α-hetero) is 1. The van der Waals surface area contributed by atoms with Gasteiger partial charge in [-0.25, -0.2) is 0 Å². The van der Waals surface area contributed by atoms with Crippen molar-refractivity contribution in [1.82, 2.24) is 5.16 Å². The van der Waals surface area contributed by atoms with Crippen LogP contribution in [0.15, 0.2) is 34.9 Å². The lowest BCUT2D eigenvalue weighted by molar-refractivity contribution is 0.101. The van der Waals surface area contributed by atoms with Crippen LogP contribution in [-0.4, -0.2) is 24.1 Å². The van der Waals surface area contributed by atoms with Gasteiger partial charge in [-0.1, -0.05) is 30.3 Å². The highest BCUT2D eigenvalue weighted by molar-refractivity contribution is 6.01. The molecule has 5 heteroatoms. The molecule has 0 radical (unpaired) electrons. The van der Waals surface area contributed by atoms with E-state index in [2.05, 4.69) is 5.16 Å². The Morgan fingerprint density at radius 3 is 2.72 bits per heavy atom. The van der Waals surface area contributed by atoms with E-state index in [0.717, 1.165) is 5.56 Å². The predicted octanol–water partition coefficient (Wildman–Crippen LogP) is 1.88. The average Bonchev–Trinajstić information content (AvgIpc) is 2.81. The molecule has 5 nitrogen and oxygen atoms in total. The van der Waals surface area contributed by atoms with Crippen LogP contribution in [0.3, 0.4) is 0 Å². The van der Waals surface area contributed by atoms with Crippen molar-refractivity contribution in [3.8, 4) is 17.2 Å². The van der Waals surface area contributed by atoms with Crippen LogP contribution < -0.4 is 10.5 Å². The first-order chi connectivity index (χ1) is 8.74. The van der Waals surface area contributed by atoms with Crippen molar-refractivity contribution in [1.29, 1.82) is 0 Å². The third-order valence-electron chi connectivity index (χ3n) is 2.41. The molecule has 0 atom stereocenters. The van der Waals surface area contributed by atoms with Gasteiger partial charge < -0.3 is 15.0 Å². The first-order valence-electron chi connectivity index (χ1n) is 5.63. The van der Waals surface area contributed by atoms with Gasteiger partial charge in [-0.05, 0) is 12.1 Å². The van der Waals surface area contributed by atoms with Crippen molar-refractivity contribution < 1.29 is 14.1 Å². The minimum Gasteiger partial charge on any atom is -0.474 e. The summed E-state index contributed by atoms with van der Waals surface area (Å²) in [6, 6.07) is 9.31. The molecule has 0 aliphatic heterocycles. The standard InChI is InChI=1S/C13H14N2O3/c1-9(16)11-12(10-5-3-2-4-6-10)18-15-13(11)17-8-7-14/h2-6H,7-8,14H2,1H3. The second-order valence-corrected chi connectivity index (χ2v) is 3.75. The van der Waals surface area contributed by atoms with Gasteiger partial charge in [-0.3, -0.25) is 4.79 Å². The Kier molecular flexibility index (Phi) is 3.74. The summed E-state index contributed by atoms with van der Waals surface area (Å²) in [7, 11) is 0. The summed E-state index contributed by atoms with van der Waals surface area (Å²) in [5, 5.41) is 3.78. The third kappa shape index (κ3) is 2.41. The van der Waals surface area contributed by atoms with Crippen LogP contribution in [0.2, 0.25) is 0 Å². The number of carbonyl (C=O) groups is 1. The van der Waals surface area contributed by atoms with Gasteiger partial charge in [0.05, 0.1) is 0 Å². The van der Waals surface area contributed by atoms with Gasteiger partial charge in [0.1, 0.15) is 12.2 Å². The number of hydrogen-bond acceptors (Lipinski definition) is 5. The van der Waals surface area contributed by atoms with Crippen LogP contribution in [0.5, 0.6) is 5.88 Å². The van der Waals surface area contributed by atoms with Crippen LogP contribution in [0.1, 0.15) is 17.3 Å². The van der Waals surface area contributed by atoms with E-state index in [1.807, 2.05) is 30.3 Å². The van der Waals surface area contributed by atoms with E-state index in [9.17, 15) is 4.79 Å². The van der Waals surface area contributed by atoms with Gasteiger partial charge in [0.2, 0.25) is 0 Å². The van der Waals surface area contributed by atoms with Crippen molar-refractivity contribution in [2.24, 2.45) is 5.73 Å². The third-order valence-corrected chi connectivity index (χ3v) is 2.41. The Labute approximate surface area is 105 Å². The minimum absolute atomic E-state index is 0.151. The van der Waals surface area contributed by atoms with Crippen molar-refractivity contribution in [2.75, 3.05) is 13.2 Å². The molecule has 0 fully saturated rings. The second-order valence-electron chi connectivity index (χ2n) is 3.75. The number of hydrogen-bond donors (Lipinski definition) is 1. The highest BCUT2D eigenvalue weighted by Crippen LogP contribution is 2.30. The normalized spacial score (nSPS) is 10.3. The Morgan fingerprint density at radius 1 is 1.39 bits per heavy atom. The lowest BCUT2D eigenvalue weighted by Crippen LogP contribution is -2.12. The molecule has 2 rings (SSSR count). The summed E-state index contributed by atoms with van der Waals surface area (Å²) in [6.07, 6.45) is 0. The van der Waals surface area contributed by atoms with Gasteiger partial charge in [0, 0.05) is 12.1 Å². The number of ether oxygens (including phenoxy) is 1. The molecule has 1 heterocycles. The van der Waals surface area contributed by atoms with Gasteiger partial charge in [-0.15, -0.1) is 0 Å². The Morgan fingerprint density at radius 2 is 2.11 bits per heavy atom. The van der Waals surface area contributed by atoms with Crippen LogP contribution >= 0.6 is 0 Å². The SMILES string of the molecule is CC(=O)c1c(OCCN)noc1-c1ccccc1. The summed E-state index contributed by atoms with van der Waals surface area (Å²) < 4.78 is 10.5. The monoisotopic (exact) mass is 246 g/mol. The molecule has 0 saturated carbocycles. The molecule has 0 spiro atoms. The number of nitrogens with zero attached hydrogens (tertiary/aromatic N) is 1. The lowest BCUT2D eigenvalue weighted by atomic mass is 10.1. The Balaban J connectivity index is 2.42. The fraction of sp³-hybridized carbons (Fsp3) is 0.231. The molecule has 1 aromatic carbocycles. The zero-order valence-corrected chi connectivity index (χ0v) is 10.1. The quantitative estimate of drug-likeness (QED) is 0.815. The van der Waals surface area contributed by atoms with Crippen LogP contribution in [-0.2, 0) is 0 Å². The van der Waals surface area contributed by atoms with Crippen molar-refractivity contribution >= 4 is 5.78 Å². The van der Waals surface area contributed by atoms with Gasteiger partial charge in [0.15, 0.2) is 11.5 Å². The number of ketones is 1.